The van der Waals surface area contributed by atoms with Crippen LogP contribution in [0.5, 0.6) is 0 Å². The molecule has 0 radical (unpaired) electrons. The Hall–Kier alpha value is -0.760. The number of rotatable bonds is 2. The quantitative estimate of drug-likeness (QED) is 0.703. The first-order chi connectivity index (χ1) is 8.82. The standard InChI is InChI=1S/C17H30N2/c1-13-11-14(2)16(4)19(15(13)3)12-17(5)7-9-18(6)10-8-17/h14-15H,1,4,7-12H2,2-3,5-6H3. The molecule has 2 aliphatic heterocycles. The minimum Gasteiger partial charge on any atom is -0.368 e. The highest BCUT2D eigenvalue weighted by Gasteiger charge is 2.36. The van der Waals surface area contributed by atoms with Gasteiger partial charge in [0.05, 0.1) is 0 Å². The van der Waals surface area contributed by atoms with Crippen molar-refractivity contribution < 1.29 is 0 Å². The molecule has 2 nitrogen and oxygen atoms in total. The molecule has 2 heterocycles. The SMILES string of the molecule is C=C1CC(C)C(=C)N(CC2(C)CCN(C)CC2)C1C. The fraction of sp³-hybridized carbons (Fsp3) is 0.765. The molecule has 0 aromatic carbocycles. The second kappa shape index (κ2) is 5.32. The third-order valence-electron chi connectivity index (χ3n) is 5.31. The molecular weight excluding hydrogens is 232 g/mol. The Balaban J connectivity index is 2.07. The molecule has 2 saturated heterocycles. The van der Waals surface area contributed by atoms with Crippen LogP contribution in [0.25, 0.3) is 0 Å². The molecule has 2 rings (SSSR count). The zero-order chi connectivity index (χ0) is 14.2. The van der Waals surface area contributed by atoms with E-state index in [-0.39, 0.29) is 0 Å². The minimum atomic E-state index is 0.432. The van der Waals surface area contributed by atoms with Gasteiger partial charge in [0.2, 0.25) is 0 Å². The van der Waals surface area contributed by atoms with Crippen LogP contribution in [0.4, 0.5) is 0 Å². The van der Waals surface area contributed by atoms with Crippen LogP contribution < -0.4 is 0 Å². The normalized spacial score (nSPS) is 32.7. The summed E-state index contributed by atoms with van der Waals surface area (Å²) in [6, 6.07) is 0.459. The molecule has 0 amide bonds. The summed E-state index contributed by atoms with van der Waals surface area (Å²) < 4.78 is 0. The highest BCUT2D eigenvalue weighted by molar-refractivity contribution is 5.20. The average Bonchev–Trinajstić information content (AvgIpc) is 2.36. The van der Waals surface area contributed by atoms with E-state index in [1.165, 1.54) is 37.2 Å². The number of hydrogen-bond donors (Lipinski definition) is 0. The van der Waals surface area contributed by atoms with E-state index in [4.69, 9.17) is 0 Å². The predicted molar refractivity (Wildman–Crippen MR) is 83.1 cm³/mol. The Morgan fingerprint density at radius 3 is 2.37 bits per heavy atom. The minimum absolute atomic E-state index is 0.432. The maximum Gasteiger partial charge on any atom is 0.0468 e. The number of piperidine rings is 2. The number of allylic oxidation sites excluding steroid dienone is 1. The summed E-state index contributed by atoms with van der Waals surface area (Å²) in [7, 11) is 2.23. The largest absolute Gasteiger partial charge is 0.368 e. The Morgan fingerprint density at radius 1 is 1.21 bits per heavy atom. The third-order valence-corrected chi connectivity index (χ3v) is 5.31. The van der Waals surface area contributed by atoms with Crippen molar-refractivity contribution in [2.45, 2.75) is 46.1 Å². The maximum atomic E-state index is 4.35. The summed E-state index contributed by atoms with van der Waals surface area (Å²) in [4.78, 5) is 4.97. The lowest BCUT2D eigenvalue weighted by Crippen LogP contribution is -2.48. The topological polar surface area (TPSA) is 6.48 Å². The van der Waals surface area contributed by atoms with E-state index in [0.717, 1.165) is 13.0 Å². The van der Waals surface area contributed by atoms with Gasteiger partial charge in [0.25, 0.3) is 0 Å². The summed E-state index contributed by atoms with van der Waals surface area (Å²) in [6.45, 7) is 19.2. The van der Waals surface area contributed by atoms with Crippen molar-refractivity contribution in [3.05, 3.63) is 24.4 Å². The highest BCUT2D eigenvalue weighted by Crippen LogP contribution is 2.38. The van der Waals surface area contributed by atoms with Gasteiger partial charge in [-0.15, -0.1) is 0 Å². The van der Waals surface area contributed by atoms with Gasteiger partial charge in [-0.05, 0) is 57.7 Å². The second-order valence-electron chi connectivity index (χ2n) is 7.17. The van der Waals surface area contributed by atoms with Gasteiger partial charge in [-0.25, -0.2) is 0 Å². The fourth-order valence-corrected chi connectivity index (χ4v) is 3.40. The summed E-state index contributed by atoms with van der Waals surface area (Å²) in [5.41, 5.74) is 3.12. The average molecular weight is 262 g/mol. The van der Waals surface area contributed by atoms with Crippen LogP contribution in [-0.2, 0) is 0 Å². The van der Waals surface area contributed by atoms with E-state index in [1.807, 2.05) is 0 Å². The lowest BCUT2D eigenvalue weighted by molar-refractivity contribution is 0.0804. The van der Waals surface area contributed by atoms with E-state index in [1.54, 1.807) is 0 Å². The molecule has 0 aromatic heterocycles. The van der Waals surface area contributed by atoms with E-state index in [9.17, 15) is 0 Å². The molecule has 2 aliphatic rings. The van der Waals surface area contributed by atoms with Crippen LogP contribution in [0.3, 0.4) is 0 Å². The molecule has 2 heteroatoms. The Bertz CT molecular complexity index is 363. The maximum absolute atomic E-state index is 4.35. The van der Waals surface area contributed by atoms with Crippen molar-refractivity contribution in [2.24, 2.45) is 11.3 Å². The van der Waals surface area contributed by atoms with E-state index in [2.05, 4.69) is 50.8 Å². The van der Waals surface area contributed by atoms with Gasteiger partial charge in [-0.3, -0.25) is 0 Å². The van der Waals surface area contributed by atoms with Crippen LogP contribution in [-0.4, -0.2) is 42.5 Å². The van der Waals surface area contributed by atoms with Crippen molar-refractivity contribution in [1.29, 1.82) is 0 Å². The van der Waals surface area contributed by atoms with Crippen molar-refractivity contribution in [3.63, 3.8) is 0 Å². The van der Waals surface area contributed by atoms with Crippen molar-refractivity contribution in [2.75, 3.05) is 26.7 Å². The molecule has 2 fully saturated rings. The van der Waals surface area contributed by atoms with Crippen LogP contribution in [0.15, 0.2) is 24.4 Å². The van der Waals surface area contributed by atoms with Gasteiger partial charge in [0, 0.05) is 18.3 Å². The first-order valence-corrected chi connectivity index (χ1v) is 7.64. The van der Waals surface area contributed by atoms with Gasteiger partial charge >= 0.3 is 0 Å². The Labute approximate surface area is 119 Å². The van der Waals surface area contributed by atoms with Gasteiger partial charge in [0.1, 0.15) is 0 Å². The first kappa shape index (κ1) is 14.6. The van der Waals surface area contributed by atoms with Crippen molar-refractivity contribution >= 4 is 0 Å². The fourth-order valence-electron chi connectivity index (χ4n) is 3.40. The van der Waals surface area contributed by atoms with Crippen LogP contribution in [0.1, 0.15) is 40.0 Å². The monoisotopic (exact) mass is 262 g/mol. The van der Waals surface area contributed by atoms with Crippen molar-refractivity contribution in [1.82, 2.24) is 9.80 Å². The molecule has 2 unspecified atom stereocenters. The predicted octanol–water partition coefficient (Wildman–Crippen LogP) is 3.52. The number of hydrogen-bond acceptors (Lipinski definition) is 2. The lowest BCUT2D eigenvalue weighted by atomic mass is 9.78. The smallest absolute Gasteiger partial charge is 0.0468 e. The molecule has 0 N–H and O–H groups in total. The summed E-state index contributed by atoms with van der Waals surface area (Å²) >= 11 is 0. The molecule has 0 saturated carbocycles. The molecular formula is C17H30N2. The third kappa shape index (κ3) is 3.05. The molecule has 108 valence electrons. The molecule has 0 spiro atoms. The summed E-state index contributed by atoms with van der Waals surface area (Å²) in [5.74, 6) is 0.554. The first-order valence-electron chi connectivity index (χ1n) is 7.64. The van der Waals surface area contributed by atoms with Crippen molar-refractivity contribution in [3.8, 4) is 0 Å². The van der Waals surface area contributed by atoms with Gasteiger partial charge in [0.15, 0.2) is 0 Å². The van der Waals surface area contributed by atoms with Crippen LogP contribution in [0.2, 0.25) is 0 Å². The van der Waals surface area contributed by atoms with E-state index < -0.39 is 0 Å². The summed E-state index contributed by atoms with van der Waals surface area (Å²) in [6.07, 6.45) is 3.69. The zero-order valence-corrected chi connectivity index (χ0v) is 13.2. The molecule has 0 aromatic rings. The van der Waals surface area contributed by atoms with Gasteiger partial charge in [-0.1, -0.05) is 32.6 Å². The van der Waals surface area contributed by atoms with E-state index >= 15 is 0 Å². The van der Waals surface area contributed by atoms with Gasteiger partial charge in [-0.2, -0.15) is 0 Å². The van der Waals surface area contributed by atoms with E-state index in [0.29, 0.717) is 17.4 Å². The number of nitrogens with zero attached hydrogens (tertiary/aromatic N) is 2. The molecule has 0 aliphatic carbocycles. The van der Waals surface area contributed by atoms with Crippen LogP contribution in [0, 0.1) is 11.3 Å². The zero-order valence-electron chi connectivity index (χ0n) is 13.2. The molecule has 2 atom stereocenters. The van der Waals surface area contributed by atoms with Gasteiger partial charge < -0.3 is 9.80 Å². The second-order valence-corrected chi connectivity index (χ2v) is 7.17. The number of likely N-dealkylation sites (tertiary alicyclic amines) is 2. The summed E-state index contributed by atoms with van der Waals surface area (Å²) in [5, 5.41) is 0. The molecule has 19 heavy (non-hydrogen) atoms. The highest BCUT2D eigenvalue weighted by atomic mass is 15.2. The lowest BCUT2D eigenvalue weighted by Gasteiger charge is -2.48. The van der Waals surface area contributed by atoms with Crippen LogP contribution >= 0.6 is 0 Å². The molecule has 0 bridgehead atoms. The Kier molecular flexibility index (Phi) is 4.10. The Morgan fingerprint density at radius 2 is 1.79 bits per heavy atom.